The largest absolute Gasteiger partial charge is 0.492 e. The number of amides is 1. The van der Waals surface area contributed by atoms with Crippen LogP contribution in [0.5, 0.6) is 11.5 Å². The van der Waals surface area contributed by atoms with Gasteiger partial charge < -0.3 is 23.8 Å². The lowest BCUT2D eigenvalue weighted by Crippen LogP contribution is -2.12. The van der Waals surface area contributed by atoms with Gasteiger partial charge in [-0.3, -0.25) is 4.79 Å². The zero-order valence-corrected chi connectivity index (χ0v) is 17.4. The molecule has 0 radical (unpaired) electrons. The number of imidazole rings is 1. The SMILES string of the molecule is CCOc1cc2c(cc1NC(=O)c1ccc(CSc3nccn3C)o1)OC(C)C2. The average Bonchev–Trinajstić information content (AvgIpc) is 3.40. The summed E-state index contributed by atoms with van der Waals surface area (Å²) >= 11 is 1.55. The lowest BCUT2D eigenvalue weighted by atomic mass is 10.1. The number of ether oxygens (including phenoxy) is 2. The molecule has 1 aromatic carbocycles. The van der Waals surface area contributed by atoms with Crippen molar-refractivity contribution >= 4 is 23.4 Å². The molecule has 0 fully saturated rings. The number of rotatable bonds is 7. The number of furan rings is 1. The minimum Gasteiger partial charge on any atom is -0.492 e. The Morgan fingerprint density at radius 2 is 2.28 bits per heavy atom. The highest BCUT2D eigenvalue weighted by molar-refractivity contribution is 7.98. The summed E-state index contributed by atoms with van der Waals surface area (Å²) in [7, 11) is 1.94. The average molecular weight is 413 g/mol. The van der Waals surface area contributed by atoms with Crippen LogP contribution in [0.2, 0.25) is 0 Å². The first-order chi connectivity index (χ1) is 14.0. The highest BCUT2D eigenvalue weighted by Gasteiger charge is 2.23. The fourth-order valence-corrected chi connectivity index (χ4v) is 4.03. The fraction of sp³-hybridized carbons (Fsp3) is 0.333. The number of carbonyl (C=O) groups is 1. The summed E-state index contributed by atoms with van der Waals surface area (Å²) in [5.74, 6) is 2.63. The van der Waals surface area contributed by atoms with Crippen LogP contribution in [0.15, 0.2) is 46.2 Å². The molecule has 0 bridgehead atoms. The van der Waals surface area contributed by atoms with Crippen LogP contribution >= 0.6 is 11.8 Å². The van der Waals surface area contributed by atoms with Gasteiger partial charge in [0.1, 0.15) is 23.4 Å². The Labute approximate surface area is 173 Å². The van der Waals surface area contributed by atoms with Gasteiger partial charge in [-0.05, 0) is 32.0 Å². The molecule has 1 unspecified atom stereocenters. The first-order valence-electron chi connectivity index (χ1n) is 9.50. The summed E-state index contributed by atoms with van der Waals surface area (Å²) < 4.78 is 19.2. The van der Waals surface area contributed by atoms with Crippen LogP contribution < -0.4 is 14.8 Å². The van der Waals surface area contributed by atoms with E-state index in [1.165, 1.54) is 0 Å². The van der Waals surface area contributed by atoms with Gasteiger partial charge in [0.15, 0.2) is 10.9 Å². The standard InChI is InChI=1S/C21H23N3O4S/c1-4-26-19-10-14-9-13(2)27-18(14)11-16(19)23-20(25)17-6-5-15(28-17)12-29-21-22-7-8-24(21)3/h5-8,10-11,13H,4,9,12H2,1-3H3,(H,23,25). The van der Waals surface area contributed by atoms with Crippen LogP contribution in [0.4, 0.5) is 5.69 Å². The van der Waals surface area contributed by atoms with E-state index in [0.717, 1.165) is 22.9 Å². The number of carbonyl (C=O) groups excluding carboxylic acids is 1. The summed E-state index contributed by atoms with van der Waals surface area (Å²) in [6.45, 7) is 4.44. The lowest BCUT2D eigenvalue weighted by molar-refractivity contribution is 0.0995. The maximum Gasteiger partial charge on any atom is 0.291 e. The summed E-state index contributed by atoms with van der Waals surface area (Å²) in [5, 5.41) is 3.78. The van der Waals surface area contributed by atoms with Crippen molar-refractivity contribution in [3.8, 4) is 11.5 Å². The number of aromatic nitrogens is 2. The van der Waals surface area contributed by atoms with Gasteiger partial charge in [-0.2, -0.15) is 0 Å². The smallest absolute Gasteiger partial charge is 0.291 e. The predicted octanol–water partition coefficient (Wildman–Crippen LogP) is 4.28. The predicted molar refractivity (Wildman–Crippen MR) is 111 cm³/mol. The molecular formula is C21H23N3O4S. The lowest BCUT2D eigenvalue weighted by Gasteiger charge is -2.13. The molecule has 1 amide bonds. The van der Waals surface area contributed by atoms with E-state index in [0.29, 0.717) is 29.6 Å². The van der Waals surface area contributed by atoms with Crippen molar-refractivity contribution in [2.24, 2.45) is 7.05 Å². The molecule has 29 heavy (non-hydrogen) atoms. The molecule has 1 aliphatic rings. The fourth-order valence-electron chi connectivity index (χ4n) is 3.20. The zero-order chi connectivity index (χ0) is 20.4. The molecule has 1 N–H and O–H groups in total. The van der Waals surface area contributed by atoms with Gasteiger partial charge in [0.2, 0.25) is 0 Å². The molecule has 3 heterocycles. The van der Waals surface area contributed by atoms with Crippen LogP contribution in [-0.4, -0.2) is 28.2 Å². The van der Waals surface area contributed by atoms with E-state index in [1.807, 2.05) is 49.9 Å². The molecule has 0 saturated heterocycles. The Morgan fingerprint density at radius 1 is 1.41 bits per heavy atom. The zero-order valence-electron chi connectivity index (χ0n) is 16.6. The van der Waals surface area contributed by atoms with E-state index >= 15 is 0 Å². The summed E-state index contributed by atoms with van der Waals surface area (Å²) in [6, 6.07) is 7.25. The first-order valence-corrected chi connectivity index (χ1v) is 10.5. The molecule has 4 rings (SSSR count). The highest BCUT2D eigenvalue weighted by atomic mass is 32.2. The molecule has 0 spiro atoms. The second-order valence-corrected chi connectivity index (χ2v) is 7.79. The number of hydrogen-bond acceptors (Lipinski definition) is 6. The topological polar surface area (TPSA) is 78.5 Å². The third kappa shape index (κ3) is 4.27. The monoisotopic (exact) mass is 413 g/mol. The summed E-state index contributed by atoms with van der Waals surface area (Å²) in [5.41, 5.74) is 1.66. The van der Waals surface area contributed by atoms with Gasteiger partial charge in [-0.15, -0.1) is 0 Å². The third-order valence-electron chi connectivity index (χ3n) is 4.55. The van der Waals surface area contributed by atoms with Crippen molar-refractivity contribution in [3.63, 3.8) is 0 Å². The minimum absolute atomic E-state index is 0.120. The van der Waals surface area contributed by atoms with Gasteiger partial charge >= 0.3 is 0 Å². The molecule has 3 aromatic rings. The number of thioether (sulfide) groups is 1. The van der Waals surface area contributed by atoms with Crippen LogP contribution in [0, 0.1) is 0 Å². The van der Waals surface area contributed by atoms with E-state index < -0.39 is 0 Å². The van der Waals surface area contributed by atoms with Gasteiger partial charge in [0.25, 0.3) is 5.91 Å². The van der Waals surface area contributed by atoms with E-state index in [1.54, 1.807) is 24.0 Å². The van der Waals surface area contributed by atoms with Gasteiger partial charge in [0.05, 0.1) is 18.0 Å². The first kappa shape index (κ1) is 19.4. The number of hydrogen-bond donors (Lipinski definition) is 1. The van der Waals surface area contributed by atoms with E-state index in [9.17, 15) is 4.79 Å². The Bertz CT molecular complexity index is 1030. The Kier molecular flexibility index (Phi) is 5.53. The number of nitrogens with zero attached hydrogens (tertiary/aromatic N) is 2. The normalized spacial score (nSPS) is 15.1. The molecule has 0 saturated carbocycles. The van der Waals surface area contributed by atoms with Crippen LogP contribution in [-0.2, 0) is 19.2 Å². The molecule has 2 aromatic heterocycles. The van der Waals surface area contributed by atoms with Gasteiger partial charge in [0, 0.05) is 37.5 Å². The second kappa shape index (κ2) is 8.24. The second-order valence-electron chi connectivity index (χ2n) is 6.85. The number of aryl methyl sites for hydroxylation is 1. The molecule has 1 aliphatic heterocycles. The molecule has 152 valence electrons. The summed E-state index contributed by atoms with van der Waals surface area (Å²) in [6.07, 6.45) is 4.59. The van der Waals surface area contributed by atoms with Crippen molar-refractivity contribution in [1.29, 1.82) is 0 Å². The summed E-state index contributed by atoms with van der Waals surface area (Å²) in [4.78, 5) is 17.0. The Balaban J connectivity index is 1.46. The van der Waals surface area contributed by atoms with Crippen molar-refractivity contribution in [1.82, 2.24) is 9.55 Å². The maximum atomic E-state index is 12.7. The molecule has 7 nitrogen and oxygen atoms in total. The number of fused-ring (bicyclic) bond motifs is 1. The van der Waals surface area contributed by atoms with E-state index in [2.05, 4.69) is 10.3 Å². The van der Waals surface area contributed by atoms with E-state index in [-0.39, 0.29) is 17.8 Å². The molecule has 0 aliphatic carbocycles. The number of nitrogens with one attached hydrogen (secondary N) is 1. The maximum absolute atomic E-state index is 12.7. The third-order valence-corrected chi connectivity index (χ3v) is 5.63. The van der Waals surface area contributed by atoms with Crippen molar-refractivity contribution in [2.75, 3.05) is 11.9 Å². The number of anilines is 1. The quantitative estimate of drug-likeness (QED) is 0.583. The van der Waals surface area contributed by atoms with Crippen molar-refractivity contribution in [2.45, 2.75) is 37.3 Å². The van der Waals surface area contributed by atoms with Gasteiger partial charge in [-0.25, -0.2) is 4.98 Å². The van der Waals surface area contributed by atoms with Crippen molar-refractivity contribution in [3.05, 3.63) is 53.7 Å². The van der Waals surface area contributed by atoms with E-state index in [4.69, 9.17) is 13.9 Å². The van der Waals surface area contributed by atoms with Crippen molar-refractivity contribution < 1.29 is 18.7 Å². The molecular weight excluding hydrogens is 390 g/mol. The van der Waals surface area contributed by atoms with Crippen LogP contribution in [0.3, 0.4) is 0 Å². The van der Waals surface area contributed by atoms with Gasteiger partial charge in [-0.1, -0.05) is 11.8 Å². The van der Waals surface area contributed by atoms with Crippen LogP contribution in [0.25, 0.3) is 0 Å². The Morgan fingerprint density at radius 3 is 3.03 bits per heavy atom. The minimum atomic E-state index is -0.329. The van der Waals surface area contributed by atoms with Crippen LogP contribution in [0.1, 0.15) is 35.7 Å². The number of benzene rings is 1. The highest BCUT2D eigenvalue weighted by Crippen LogP contribution is 2.38. The Hall–Kier alpha value is -2.87. The molecule has 1 atom stereocenters. The molecule has 8 heteroatoms.